The first kappa shape index (κ1) is 15.4. The van der Waals surface area contributed by atoms with Gasteiger partial charge in [-0.3, -0.25) is 4.40 Å². The molecule has 4 nitrogen and oxygen atoms in total. The molecule has 0 radical (unpaired) electrons. The van der Waals surface area contributed by atoms with Gasteiger partial charge >= 0.3 is 0 Å². The highest BCUT2D eigenvalue weighted by Gasteiger charge is 2.14. The minimum absolute atomic E-state index is 0.266. The number of aryl methyl sites for hydroxylation is 1. The van der Waals surface area contributed by atoms with Gasteiger partial charge in [0.15, 0.2) is 0 Å². The minimum Gasteiger partial charge on any atom is -0.508 e. The number of hydrogen-bond donors (Lipinski definition) is 2. The van der Waals surface area contributed by atoms with Crippen molar-refractivity contribution in [3.05, 3.63) is 48.2 Å². The van der Waals surface area contributed by atoms with E-state index in [0.717, 1.165) is 35.7 Å². The number of fused-ring (bicyclic) bond motifs is 1. The Bertz CT molecular complexity index is 803. The van der Waals surface area contributed by atoms with Crippen LogP contribution < -0.4 is 5.32 Å². The van der Waals surface area contributed by atoms with Gasteiger partial charge in [-0.05, 0) is 61.2 Å². The van der Waals surface area contributed by atoms with Gasteiger partial charge < -0.3 is 10.4 Å². The van der Waals surface area contributed by atoms with Crippen molar-refractivity contribution >= 4 is 11.5 Å². The predicted octanol–water partition coefficient (Wildman–Crippen LogP) is 4.47. The van der Waals surface area contributed by atoms with E-state index in [9.17, 15) is 5.11 Å². The van der Waals surface area contributed by atoms with Gasteiger partial charge in [0, 0.05) is 18.3 Å². The Hall–Kier alpha value is -2.49. The Morgan fingerprint density at radius 2 is 1.91 bits per heavy atom. The third-order valence-corrected chi connectivity index (χ3v) is 3.94. The molecule has 0 unspecified atom stereocenters. The van der Waals surface area contributed by atoms with Crippen LogP contribution in [0.15, 0.2) is 42.6 Å². The molecule has 2 heterocycles. The van der Waals surface area contributed by atoms with Gasteiger partial charge in [0.1, 0.15) is 22.9 Å². The first-order chi connectivity index (χ1) is 11.0. The van der Waals surface area contributed by atoms with Crippen molar-refractivity contribution in [1.29, 1.82) is 0 Å². The van der Waals surface area contributed by atoms with E-state index >= 15 is 0 Å². The molecule has 0 saturated heterocycles. The van der Waals surface area contributed by atoms with Crippen molar-refractivity contribution in [2.75, 3.05) is 11.9 Å². The fraction of sp³-hybridized carbons (Fsp3) is 0.316. The first-order valence-electron chi connectivity index (χ1n) is 8.06. The van der Waals surface area contributed by atoms with Gasteiger partial charge in [-0.2, -0.15) is 0 Å². The van der Waals surface area contributed by atoms with E-state index < -0.39 is 0 Å². The normalized spacial score (nSPS) is 11.3. The quantitative estimate of drug-likeness (QED) is 0.731. The molecule has 4 heteroatoms. The lowest BCUT2D eigenvalue weighted by atomic mass is 10.1. The van der Waals surface area contributed by atoms with Crippen LogP contribution in [-0.4, -0.2) is 21.0 Å². The fourth-order valence-electron chi connectivity index (χ4n) is 2.62. The summed E-state index contributed by atoms with van der Waals surface area (Å²) in [7, 11) is 0. The number of rotatable bonds is 5. The summed E-state index contributed by atoms with van der Waals surface area (Å²) >= 11 is 0. The number of phenols is 1. The Balaban J connectivity index is 2.05. The third kappa shape index (κ3) is 3.31. The molecular formula is C19H23N3O. The molecule has 0 aliphatic heterocycles. The summed E-state index contributed by atoms with van der Waals surface area (Å²) in [6.45, 7) is 7.42. The molecule has 0 aliphatic rings. The van der Waals surface area contributed by atoms with E-state index in [0.29, 0.717) is 5.92 Å². The topological polar surface area (TPSA) is 49.6 Å². The van der Waals surface area contributed by atoms with Gasteiger partial charge in [-0.25, -0.2) is 4.98 Å². The second-order valence-electron chi connectivity index (χ2n) is 6.40. The zero-order valence-electron chi connectivity index (χ0n) is 13.9. The van der Waals surface area contributed by atoms with Gasteiger partial charge in [-0.1, -0.05) is 13.8 Å². The highest BCUT2D eigenvalue weighted by atomic mass is 16.3. The average Bonchev–Trinajstić information content (AvgIpc) is 2.85. The van der Waals surface area contributed by atoms with Crippen LogP contribution in [0.1, 0.15) is 25.8 Å². The molecule has 0 amide bonds. The lowest BCUT2D eigenvalue weighted by Gasteiger charge is -2.10. The number of pyridine rings is 1. The zero-order chi connectivity index (χ0) is 16.4. The van der Waals surface area contributed by atoms with Gasteiger partial charge in [0.05, 0.1) is 0 Å². The second kappa shape index (κ2) is 6.32. The molecule has 0 saturated carbocycles. The van der Waals surface area contributed by atoms with Crippen LogP contribution in [0.2, 0.25) is 0 Å². The molecule has 0 fully saturated rings. The van der Waals surface area contributed by atoms with Crippen LogP contribution in [-0.2, 0) is 0 Å². The highest BCUT2D eigenvalue weighted by molar-refractivity contribution is 5.77. The zero-order valence-corrected chi connectivity index (χ0v) is 13.9. The average molecular weight is 309 g/mol. The number of nitrogens with one attached hydrogen (secondary N) is 1. The molecule has 3 rings (SSSR count). The number of aromatic nitrogens is 2. The van der Waals surface area contributed by atoms with Gasteiger partial charge in [0.2, 0.25) is 0 Å². The van der Waals surface area contributed by atoms with Crippen LogP contribution >= 0.6 is 0 Å². The van der Waals surface area contributed by atoms with E-state index in [1.165, 1.54) is 5.56 Å². The number of anilines is 1. The number of benzene rings is 1. The molecule has 3 aromatic rings. The first-order valence-corrected chi connectivity index (χ1v) is 8.06. The Labute approximate surface area is 136 Å². The van der Waals surface area contributed by atoms with Crippen LogP contribution in [0.4, 0.5) is 5.82 Å². The van der Waals surface area contributed by atoms with E-state index in [4.69, 9.17) is 4.98 Å². The van der Waals surface area contributed by atoms with Crippen LogP contribution in [0.5, 0.6) is 5.75 Å². The highest BCUT2D eigenvalue weighted by Crippen LogP contribution is 2.30. The van der Waals surface area contributed by atoms with Crippen molar-refractivity contribution in [2.24, 2.45) is 5.92 Å². The fourth-order valence-corrected chi connectivity index (χ4v) is 2.62. The number of nitrogens with zero attached hydrogens (tertiary/aromatic N) is 2. The molecular weight excluding hydrogens is 286 g/mol. The summed E-state index contributed by atoms with van der Waals surface area (Å²) in [5, 5.41) is 13.0. The van der Waals surface area contributed by atoms with Crippen molar-refractivity contribution in [2.45, 2.75) is 27.2 Å². The molecule has 0 bridgehead atoms. The lowest BCUT2D eigenvalue weighted by Crippen LogP contribution is -2.07. The second-order valence-corrected chi connectivity index (χ2v) is 6.40. The van der Waals surface area contributed by atoms with Crippen LogP contribution in [0.25, 0.3) is 16.9 Å². The Morgan fingerprint density at radius 3 is 2.61 bits per heavy atom. The number of phenolic OH excluding ortho intramolecular Hbond substituents is 1. The van der Waals surface area contributed by atoms with Crippen molar-refractivity contribution in [3.8, 4) is 17.0 Å². The van der Waals surface area contributed by atoms with Gasteiger partial charge in [-0.15, -0.1) is 0 Å². The Kier molecular flexibility index (Phi) is 4.24. The van der Waals surface area contributed by atoms with Crippen LogP contribution in [0, 0.1) is 12.8 Å². The molecule has 23 heavy (non-hydrogen) atoms. The van der Waals surface area contributed by atoms with Crippen molar-refractivity contribution < 1.29 is 5.11 Å². The number of aromatic hydroxyl groups is 1. The summed E-state index contributed by atoms with van der Waals surface area (Å²) in [6.07, 6.45) is 3.16. The number of imidazole rings is 1. The van der Waals surface area contributed by atoms with E-state index in [-0.39, 0.29) is 5.75 Å². The molecule has 120 valence electrons. The standard InChI is InChI=1S/C19H23N3O/c1-13(2)8-10-20-19-18(15-4-6-16(23)7-5-15)21-17-12-14(3)9-11-22(17)19/h4-7,9,11-13,20,23H,8,10H2,1-3H3. The van der Waals surface area contributed by atoms with Gasteiger partial charge in [0.25, 0.3) is 0 Å². The predicted molar refractivity (Wildman–Crippen MR) is 95.0 cm³/mol. The largest absolute Gasteiger partial charge is 0.508 e. The summed E-state index contributed by atoms with van der Waals surface area (Å²) in [6, 6.07) is 11.4. The van der Waals surface area contributed by atoms with E-state index in [1.807, 2.05) is 12.1 Å². The van der Waals surface area contributed by atoms with E-state index in [2.05, 4.69) is 48.8 Å². The maximum atomic E-state index is 9.51. The summed E-state index contributed by atoms with van der Waals surface area (Å²) in [5.41, 5.74) is 4.03. The SMILES string of the molecule is Cc1ccn2c(NCCC(C)C)c(-c3ccc(O)cc3)nc2c1. The molecule has 2 N–H and O–H groups in total. The van der Waals surface area contributed by atoms with E-state index in [1.54, 1.807) is 12.1 Å². The molecule has 0 spiro atoms. The molecule has 0 atom stereocenters. The molecule has 2 aromatic heterocycles. The maximum Gasteiger partial charge on any atom is 0.139 e. The smallest absolute Gasteiger partial charge is 0.139 e. The summed E-state index contributed by atoms with van der Waals surface area (Å²) in [4.78, 5) is 4.79. The summed E-state index contributed by atoms with van der Waals surface area (Å²) in [5.74, 6) is 1.93. The van der Waals surface area contributed by atoms with Crippen molar-refractivity contribution in [3.63, 3.8) is 0 Å². The third-order valence-electron chi connectivity index (χ3n) is 3.94. The maximum absolute atomic E-state index is 9.51. The molecule has 1 aromatic carbocycles. The number of hydrogen-bond acceptors (Lipinski definition) is 3. The van der Waals surface area contributed by atoms with Crippen molar-refractivity contribution in [1.82, 2.24) is 9.38 Å². The Morgan fingerprint density at radius 1 is 1.17 bits per heavy atom. The summed E-state index contributed by atoms with van der Waals surface area (Å²) < 4.78 is 2.09. The lowest BCUT2D eigenvalue weighted by molar-refractivity contribution is 0.475. The van der Waals surface area contributed by atoms with Crippen LogP contribution in [0.3, 0.4) is 0 Å². The minimum atomic E-state index is 0.266. The monoisotopic (exact) mass is 309 g/mol. The molecule has 0 aliphatic carbocycles.